The third-order valence-electron chi connectivity index (χ3n) is 9.84. The van der Waals surface area contributed by atoms with Crippen molar-refractivity contribution < 1.29 is 0 Å². The summed E-state index contributed by atoms with van der Waals surface area (Å²) in [5.74, 6) is 0.469. The Morgan fingerprint density at radius 3 is 2.44 bits per heavy atom. The Morgan fingerprint density at radius 1 is 0.767 bits per heavy atom. The zero-order chi connectivity index (χ0) is 28.1. The van der Waals surface area contributed by atoms with Crippen LogP contribution >= 0.6 is 11.8 Å². The van der Waals surface area contributed by atoms with Gasteiger partial charge >= 0.3 is 0 Å². The van der Waals surface area contributed by atoms with Crippen LogP contribution in [0.5, 0.6) is 0 Å². The summed E-state index contributed by atoms with van der Waals surface area (Å²) in [4.78, 5) is 14.4. The molecule has 1 aliphatic heterocycles. The predicted octanol–water partition coefficient (Wildman–Crippen LogP) is 9.73. The second-order valence-electron chi connectivity index (χ2n) is 12.0. The molecule has 204 valence electrons. The minimum Gasteiger partial charge on any atom is -0.336 e. The molecule has 3 heterocycles. The molecule has 1 spiro atoms. The fourth-order valence-corrected chi connectivity index (χ4v) is 9.65. The summed E-state index contributed by atoms with van der Waals surface area (Å²) in [6.45, 7) is 0. The summed E-state index contributed by atoms with van der Waals surface area (Å²) < 4.78 is 0.0676. The molecule has 1 saturated carbocycles. The lowest BCUT2D eigenvalue weighted by molar-refractivity contribution is 0.790. The average Bonchev–Trinajstić information content (AvgIpc) is 3.74. The topological polar surface area (TPSA) is 29.0 Å². The number of fused-ring (bicyclic) bond motifs is 6. The number of nitrogens with zero attached hydrogens (tertiary/aromatic N) is 3. The number of allylic oxidation sites excluding steroid dienone is 5. The van der Waals surface area contributed by atoms with E-state index in [1.54, 1.807) is 0 Å². The van der Waals surface area contributed by atoms with Crippen LogP contribution in [0, 0.1) is 5.92 Å². The smallest absolute Gasteiger partial charge is 0.0952 e. The molecule has 3 nitrogen and oxygen atoms in total. The third kappa shape index (κ3) is 3.17. The van der Waals surface area contributed by atoms with E-state index in [2.05, 4.69) is 132 Å². The summed E-state index contributed by atoms with van der Waals surface area (Å²) in [5, 5.41) is 7.34. The van der Waals surface area contributed by atoms with Gasteiger partial charge in [0.15, 0.2) is 0 Å². The van der Waals surface area contributed by atoms with Crippen LogP contribution in [-0.2, 0) is 0 Å². The van der Waals surface area contributed by atoms with E-state index in [-0.39, 0.29) is 4.75 Å². The highest BCUT2D eigenvalue weighted by Crippen LogP contribution is 2.68. The van der Waals surface area contributed by atoms with Crippen LogP contribution < -0.4 is 4.90 Å². The first kappa shape index (κ1) is 23.8. The number of hydrogen-bond donors (Lipinski definition) is 0. The van der Waals surface area contributed by atoms with Crippen LogP contribution in [-0.4, -0.2) is 20.8 Å². The Morgan fingerprint density at radius 2 is 1.53 bits per heavy atom. The maximum absolute atomic E-state index is 5.19. The second kappa shape index (κ2) is 8.68. The Labute approximate surface area is 253 Å². The molecule has 2 aromatic heterocycles. The molecule has 1 fully saturated rings. The zero-order valence-electron chi connectivity index (χ0n) is 23.4. The minimum absolute atomic E-state index is 0.0676. The van der Waals surface area contributed by atoms with E-state index in [0.717, 1.165) is 34.8 Å². The molecule has 0 bridgehead atoms. The lowest BCUT2D eigenvalue weighted by atomic mass is 9.89. The van der Waals surface area contributed by atoms with Gasteiger partial charge in [-0.1, -0.05) is 91.1 Å². The van der Waals surface area contributed by atoms with Crippen LogP contribution in [0.4, 0.5) is 5.69 Å². The number of hydrogen-bond acceptors (Lipinski definition) is 4. The van der Waals surface area contributed by atoms with Gasteiger partial charge in [-0.05, 0) is 64.2 Å². The van der Waals surface area contributed by atoms with Gasteiger partial charge in [0.25, 0.3) is 0 Å². The number of thioether (sulfide) groups is 1. The maximum Gasteiger partial charge on any atom is 0.0952 e. The quantitative estimate of drug-likeness (QED) is 0.153. The maximum atomic E-state index is 5.19. The first-order valence-electron chi connectivity index (χ1n) is 15.1. The lowest BCUT2D eigenvalue weighted by Crippen LogP contribution is -2.35. The van der Waals surface area contributed by atoms with E-state index in [0.29, 0.717) is 12.0 Å². The summed E-state index contributed by atoms with van der Waals surface area (Å²) in [5.41, 5.74) is 7.09. The van der Waals surface area contributed by atoms with E-state index in [4.69, 9.17) is 9.97 Å². The van der Waals surface area contributed by atoms with Gasteiger partial charge in [-0.3, -0.25) is 9.97 Å². The van der Waals surface area contributed by atoms with Crippen LogP contribution in [0.25, 0.3) is 54.5 Å². The first-order valence-corrected chi connectivity index (χ1v) is 16.0. The summed E-state index contributed by atoms with van der Waals surface area (Å²) in [7, 11) is 0. The van der Waals surface area contributed by atoms with E-state index >= 15 is 0 Å². The fraction of sp³-hybridized carbons (Fsp3) is 0.128. The van der Waals surface area contributed by atoms with Gasteiger partial charge in [0.1, 0.15) is 0 Å². The Balaban J connectivity index is 1.34. The third-order valence-corrected chi connectivity index (χ3v) is 11.4. The summed E-state index contributed by atoms with van der Waals surface area (Å²) >= 11 is 2.06. The molecule has 6 aromatic rings. The van der Waals surface area contributed by atoms with E-state index < -0.39 is 0 Å². The standard InChI is InChI=1S/C39H27N3S/c1-2-12-25-24(11-1)23-30(27-14-4-3-13-26(25)27)34-28-15-9-22-41-36(28)37(29-16-10-21-40-35(29)34)42-32-18-5-6-19-33(32)43-39-20-8-7-17-31(39)38(39)42/h1-4,6-17,19-23,31,38H,5,18H2. The van der Waals surface area contributed by atoms with Crippen molar-refractivity contribution >= 4 is 60.8 Å². The van der Waals surface area contributed by atoms with Gasteiger partial charge < -0.3 is 4.90 Å². The summed E-state index contributed by atoms with van der Waals surface area (Å²) in [6, 6.07) is 28.9. The van der Waals surface area contributed by atoms with Gasteiger partial charge in [0, 0.05) is 45.2 Å². The highest BCUT2D eigenvalue weighted by molar-refractivity contribution is 8.05. The molecule has 3 atom stereocenters. The number of anilines is 1. The Kier molecular flexibility index (Phi) is 4.81. The Bertz CT molecular complexity index is 2250. The number of aromatic nitrogens is 2. The summed E-state index contributed by atoms with van der Waals surface area (Å²) in [6.07, 6.45) is 20.0. The molecule has 43 heavy (non-hydrogen) atoms. The molecule has 4 aromatic carbocycles. The van der Waals surface area contributed by atoms with Gasteiger partial charge in [-0.25, -0.2) is 0 Å². The molecule has 0 N–H and O–H groups in total. The van der Waals surface area contributed by atoms with Gasteiger partial charge in [-0.15, -0.1) is 11.8 Å². The number of rotatable bonds is 2. The van der Waals surface area contributed by atoms with Crippen LogP contribution in [0.1, 0.15) is 12.8 Å². The Hall–Kier alpha value is -4.67. The molecule has 3 aliphatic carbocycles. The van der Waals surface area contributed by atoms with Crippen molar-refractivity contribution in [3.8, 4) is 11.1 Å². The second-order valence-corrected chi connectivity index (χ2v) is 13.4. The highest BCUT2D eigenvalue weighted by atomic mass is 32.2. The largest absolute Gasteiger partial charge is 0.336 e. The minimum atomic E-state index is 0.0676. The predicted molar refractivity (Wildman–Crippen MR) is 181 cm³/mol. The van der Waals surface area contributed by atoms with Crippen LogP contribution in [0.3, 0.4) is 0 Å². The van der Waals surface area contributed by atoms with Gasteiger partial charge in [0.05, 0.1) is 27.5 Å². The molecule has 4 heteroatoms. The highest BCUT2D eigenvalue weighted by Gasteiger charge is 2.69. The zero-order valence-corrected chi connectivity index (χ0v) is 24.3. The molecule has 3 unspecified atom stereocenters. The van der Waals surface area contributed by atoms with Crippen molar-refractivity contribution in [3.63, 3.8) is 0 Å². The van der Waals surface area contributed by atoms with E-state index in [1.165, 1.54) is 48.8 Å². The fourth-order valence-electron chi connectivity index (χ4n) is 7.99. The van der Waals surface area contributed by atoms with Crippen molar-refractivity contribution in [2.45, 2.75) is 23.6 Å². The lowest BCUT2D eigenvalue weighted by Gasteiger charge is -2.38. The monoisotopic (exact) mass is 569 g/mol. The van der Waals surface area contributed by atoms with Crippen molar-refractivity contribution in [3.05, 3.63) is 138 Å². The van der Waals surface area contributed by atoms with E-state index in [9.17, 15) is 0 Å². The van der Waals surface area contributed by atoms with Crippen molar-refractivity contribution in [1.29, 1.82) is 0 Å². The van der Waals surface area contributed by atoms with Crippen molar-refractivity contribution in [2.24, 2.45) is 5.92 Å². The van der Waals surface area contributed by atoms with Crippen molar-refractivity contribution in [1.82, 2.24) is 9.97 Å². The molecule has 10 rings (SSSR count). The molecule has 4 aliphatic rings. The normalized spacial score (nSPS) is 23.7. The van der Waals surface area contributed by atoms with Crippen LogP contribution in [0.2, 0.25) is 0 Å². The average molecular weight is 570 g/mol. The molecule has 0 saturated heterocycles. The van der Waals surface area contributed by atoms with Crippen molar-refractivity contribution in [2.75, 3.05) is 4.90 Å². The van der Waals surface area contributed by atoms with E-state index in [1.807, 2.05) is 12.4 Å². The van der Waals surface area contributed by atoms with Gasteiger partial charge in [0.2, 0.25) is 0 Å². The number of benzene rings is 4. The molecular formula is C39H27N3S. The van der Waals surface area contributed by atoms with Crippen LogP contribution in [0.15, 0.2) is 138 Å². The SMILES string of the molecule is C1=CC2C3N(c4c5cccnc5c(-c5cc6ccccc6c6ccccc56)c5cccnc45)C4=C(C=CCC4)SC23C=C1. The molecule has 0 radical (unpaired) electrons. The first-order chi connectivity index (χ1) is 21.3. The molecule has 0 amide bonds. The van der Waals surface area contributed by atoms with Gasteiger partial charge in [-0.2, -0.15) is 0 Å². The number of pyridine rings is 2. The molecular weight excluding hydrogens is 543 g/mol.